The summed E-state index contributed by atoms with van der Waals surface area (Å²) in [5, 5.41) is 0. The predicted octanol–water partition coefficient (Wildman–Crippen LogP) is 0.923. The normalized spacial score (nSPS) is 13.5. The minimum atomic E-state index is -0.450. The first-order valence-corrected chi connectivity index (χ1v) is 3.95. The lowest BCUT2D eigenvalue weighted by atomic mass is 10.1. The van der Waals surface area contributed by atoms with Crippen LogP contribution in [0, 0.1) is 5.92 Å². The molecule has 0 aromatic rings. The Morgan fingerprint density at radius 2 is 2.00 bits per heavy atom. The maximum absolute atomic E-state index is 10.5. The van der Waals surface area contributed by atoms with Crippen LogP contribution < -0.4 is 5.73 Å². The number of ether oxygens (including phenoxy) is 1. The van der Waals surface area contributed by atoms with Crippen LogP contribution in [0.2, 0.25) is 0 Å². The van der Waals surface area contributed by atoms with Crippen LogP contribution in [-0.2, 0) is 9.53 Å². The van der Waals surface area contributed by atoms with E-state index in [0.717, 1.165) is 6.42 Å². The van der Waals surface area contributed by atoms with Crippen LogP contribution in [-0.4, -0.2) is 18.6 Å². The van der Waals surface area contributed by atoms with Gasteiger partial charge in [0, 0.05) is 6.61 Å². The van der Waals surface area contributed by atoms with E-state index in [1.807, 2.05) is 0 Å². The van der Waals surface area contributed by atoms with Crippen LogP contribution in [0.1, 0.15) is 27.2 Å². The molecule has 0 bridgehead atoms. The summed E-state index contributed by atoms with van der Waals surface area (Å²) < 4.78 is 5.14. The highest BCUT2D eigenvalue weighted by atomic mass is 16.5. The first-order chi connectivity index (χ1) is 5.04. The number of primary amides is 1. The van der Waals surface area contributed by atoms with Crippen molar-refractivity contribution in [1.29, 1.82) is 0 Å². The van der Waals surface area contributed by atoms with Crippen molar-refractivity contribution in [3.63, 3.8) is 0 Å². The van der Waals surface area contributed by atoms with Gasteiger partial charge >= 0.3 is 0 Å². The van der Waals surface area contributed by atoms with E-state index in [0.29, 0.717) is 12.5 Å². The highest BCUT2D eigenvalue weighted by molar-refractivity contribution is 5.78. The molecular formula is C8H17NO2. The molecule has 1 unspecified atom stereocenters. The average molecular weight is 159 g/mol. The van der Waals surface area contributed by atoms with E-state index in [1.54, 1.807) is 6.92 Å². The summed E-state index contributed by atoms with van der Waals surface area (Å²) in [6.45, 7) is 6.50. The zero-order valence-electron chi connectivity index (χ0n) is 7.46. The van der Waals surface area contributed by atoms with Crippen LogP contribution >= 0.6 is 0 Å². The molecule has 0 saturated heterocycles. The quantitative estimate of drug-likeness (QED) is 0.648. The van der Waals surface area contributed by atoms with Crippen molar-refractivity contribution in [3.05, 3.63) is 0 Å². The highest BCUT2D eigenvalue weighted by Crippen LogP contribution is 2.00. The van der Waals surface area contributed by atoms with Gasteiger partial charge in [0.05, 0.1) is 0 Å². The van der Waals surface area contributed by atoms with E-state index in [9.17, 15) is 4.79 Å². The van der Waals surface area contributed by atoms with E-state index in [4.69, 9.17) is 10.5 Å². The fourth-order valence-electron chi connectivity index (χ4n) is 0.563. The van der Waals surface area contributed by atoms with Gasteiger partial charge in [-0.25, -0.2) is 0 Å². The van der Waals surface area contributed by atoms with Crippen molar-refractivity contribution in [1.82, 2.24) is 0 Å². The van der Waals surface area contributed by atoms with Gasteiger partial charge in [-0.3, -0.25) is 4.79 Å². The summed E-state index contributed by atoms with van der Waals surface area (Å²) in [7, 11) is 0. The van der Waals surface area contributed by atoms with E-state index in [2.05, 4.69) is 13.8 Å². The third kappa shape index (κ3) is 5.85. The fourth-order valence-corrected chi connectivity index (χ4v) is 0.563. The molecule has 66 valence electrons. The van der Waals surface area contributed by atoms with Gasteiger partial charge in [0.1, 0.15) is 6.10 Å². The maximum atomic E-state index is 10.5. The second-order valence-corrected chi connectivity index (χ2v) is 3.10. The molecule has 0 aliphatic carbocycles. The van der Waals surface area contributed by atoms with Crippen LogP contribution in [0.5, 0.6) is 0 Å². The van der Waals surface area contributed by atoms with Gasteiger partial charge in [-0.2, -0.15) is 0 Å². The summed E-state index contributed by atoms with van der Waals surface area (Å²) in [6, 6.07) is 0. The number of carbonyl (C=O) groups excluding carboxylic acids is 1. The van der Waals surface area contributed by atoms with Crippen LogP contribution in [0.15, 0.2) is 0 Å². The fraction of sp³-hybridized carbons (Fsp3) is 0.875. The lowest BCUT2D eigenvalue weighted by Gasteiger charge is -2.09. The number of rotatable bonds is 5. The minimum Gasteiger partial charge on any atom is -0.369 e. The molecule has 1 atom stereocenters. The molecule has 1 amide bonds. The molecule has 0 radical (unpaired) electrons. The van der Waals surface area contributed by atoms with Gasteiger partial charge in [0.15, 0.2) is 0 Å². The molecule has 0 aromatic heterocycles. The summed E-state index contributed by atoms with van der Waals surface area (Å²) in [5.74, 6) is 0.212. The molecule has 0 aliphatic heterocycles. The van der Waals surface area contributed by atoms with Crippen molar-refractivity contribution in [2.45, 2.75) is 33.3 Å². The molecule has 0 aliphatic rings. The number of nitrogens with two attached hydrogens (primary N) is 1. The van der Waals surface area contributed by atoms with Crippen molar-refractivity contribution >= 4 is 5.91 Å². The zero-order valence-corrected chi connectivity index (χ0v) is 7.46. The lowest BCUT2D eigenvalue weighted by Crippen LogP contribution is -2.28. The van der Waals surface area contributed by atoms with Gasteiger partial charge < -0.3 is 10.5 Å². The van der Waals surface area contributed by atoms with E-state index < -0.39 is 12.0 Å². The van der Waals surface area contributed by atoms with Crippen molar-refractivity contribution in [2.75, 3.05) is 6.61 Å². The average Bonchev–Trinajstić information content (AvgIpc) is 1.86. The molecule has 0 rings (SSSR count). The number of amides is 1. The van der Waals surface area contributed by atoms with E-state index >= 15 is 0 Å². The summed E-state index contributed by atoms with van der Waals surface area (Å²) in [4.78, 5) is 10.5. The Balaban J connectivity index is 3.31. The molecule has 0 spiro atoms. The van der Waals surface area contributed by atoms with Gasteiger partial charge in [-0.15, -0.1) is 0 Å². The zero-order chi connectivity index (χ0) is 8.85. The van der Waals surface area contributed by atoms with Crippen LogP contribution in [0.3, 0.4) is 0 Å². The molecular weight excluding hydrogens is 142 g/mol. The van der Waals surface area contributed by atoms with Crippen molar-refractivity contribution in [2.24, 2.45) is 11.7 Å². The third-order valence-electron chi connectivity index (χ3n) is 1.46. The van der Waals surface area contributed by atoms with Crippen LogP contribution in [0.4, 0.5) is 0 Å². The van der Waals surface area contributed by atoms with Gasteiger partial charge in [0.2, 0.25) is 5.91 Å². The Morgan fingerprint density at radius 3 is 2.36 bits per heavy atom. The van der Waals surface area contributed by atoms with E-state index in [1.165, 1.54) is 0 Å². The number of hydrogen-bond acceptors (Lipinski definition) is 2. The van der Waals surface area contributed by atoms with Gasteiger partial charge in [0.25, 0.3) is 0 Å². The summed E-state index contributed by atoms with van der Waals surface area (Å²) in [5.41, 5.74) is 4.99. The standard InChI is InChI=1S/C8H17NO2/c1-6(2)4-5-11-7(3)8(9)10/h6-7H,4-5H2,1-3H3,(H2,9,10). The van der Waals surface area contributed by atoms with Crippen LogP contribution in [0.25, 0.3) is 0 Å². The smallest absolute Gasteiger partial charge is 0.246 e. The van der Waals surface area contributed by atoms with Crippen molar-refractivity contribution < 1.29 is 9.53 Å². The lowest BCUT2D eigenvalue weighted by molar-refractivity contribution is -0.128. The maximum Gasteiger partial charge on any atom is 0.246 e. The summed E-state index contributed by atoms with van der Waals surface area (Å²) in [6.07, 6.45) is 0.520. The molecule has 2 N–H and O–H groups in total. The minimum absolute atomic E-state index is 0.395. The monoisotopic (exact) mass is 159 g/mol. The first kappa shape index (κ1) is 10.4. The summed E-state index contributed by atoms with van der Waals surface area (Å²) >= 11 is 0. The topological polar surface area (TPSA) is 52.3 Å². The van der Waals surface area contributed by atoms with Gasteiger partial charge in [-0.05, 0) is 19.3 Å². The number of hydrogen-bond donors (Lipinski definition) is 1. The highest BCUT2D eigenvalue weighted by Gasteiger charge is 2.07. The molecule has 0 aromatic carbocycles. The Hall–Kier alpha value is -0.570. The third-order valence-corrected chi connectivity index (χ3v) is 1.46. The molecule has 0 fully saturated rings. The molecule has 0 heterocycles. The molecule has 11 heavy (non-hydrogen) atoms. The Morgan fingerprint density at radius 1 is 1.45 bits per heavy atom. The Kier molecular flexibility index (Phi) is 4.86. The second kappa shape index (κ2) is 5.13. The van der Waals surface area contributed by atoms with E-state index in [-0.39, 0.29) is 0 Å². The second-order valence-electron chi connectivity index (χ2n) is 3.10. The largest absolute Gasteiger partial charge is 0.369 e. The molecule has 0 saturated carbocycles. The molecule has 3 nitrogen and oxygen atoms in total. The SMILES string of the molecule is CC(C)CCOC(C)C(N)=O. The Labute approximate surface area is 67.9 Å². The van der Waals surface area contributed by atoms with Gasteiger partial charge in [-0.1, -0.05) is 13.8 Å². The van der Waals surface area contributed by atoms with Crippen molar-refractivity contribution in [3.8, 4) is 0 Å². The molecule has 3 heteroatoms. The number of carbonyl (C=O) groups is 1. The first-order valence-electron chi connectivity index (χ1n) is 3.95. The predicted molar refractivity (Wildman–Crippen MR) is 44.1 cm³/mol. The Bertz CT molecular complexity index is 123.